The lowest BCUT2D eigenvalue weighted by Gasteiger charge is -2.32. The molecule has 0 aromatic carbocycles. The van der Waals surface area contributed by atoms with Gasteiger partial charge in [0.15, 0.2) is 5.03 Å². The number of hydrogen-bond acceptors (Lipinski definition) is 3. The second kappa shape index (κ2) is 5.07. The van der Waals surface area contributed by atoms with E-state index in [1.165, 1.54) is 6.20 Å². The number of aromatic nitrogens is 2. The molecule has 1 saturated heterocycles. The summed E-state index contributed by atoms with van der Waals surface area (Å²) in [4.78, 5) is 6.76. The van der Waals surface area contributed by atoms with Gasteiger partial charge in [-0.25, -0.2) is 13.4 Å². The Morgan fingerprint density at radius 3 is 2.94 bits per heavy atom. The zero-order valence-corrected chi connectivity index (χ0v) is 12.1. The maximum atomic E-state index is 12.4. The third-order valence-corrected chi connectivity index (χ3v) is 5.63. The van der Waals surface area contributed by atoms with E-state index in [2.05, 4.69) is 25.9 Å². The molecule has 7 heteroatoms. The van der Waals surface area contributed by atoms with E-state index in [0.29, 0.717) is 17.7 Å². The van der Waals surface area contributed by atoms with Gasteiger partial charge < -0.3 is 4.98 Å². The van der Waals surface area contributed by atoms with Crippen molar-refractivity contribution in [2.75, 3.05) is 11.9 Å². The van der Waals surface area contributed by atoms with Crippen molar-refractivity contribution >= 4 is 26.0 Å². The molecular formula is C10H16BrN3O2S. The Balaban J connectivity index is 2.30. The molecule has 1 aliphatic rings. The molecule has 0 radical (unpaired) electrons. The molecule has 1 unspecified atom stereocenters. The lowest BCUT2D eigenvalue weighted by Crippen LogP contribution is -2.44. The van der Waals surface area contributed by atoms with Crippen LogP contribution in [0.5, 0.6) is 0 Å². The molecule has 0 spiro atoms. The van der Waals surface area contributed by atoms with Gasteiger partial charge in [-0.1, -0.05) is 22.4 Å². The van der Waals surface area contributed by atoms with Crippen LogP contribution in [-0.2, 0) is 10.0 Å². The minimum atomic E-state index is -3.42. The first-order valence-corrected chi connectivity index (χ1v) is 8.21. The van der Waals surface area contributed by atoms with E-state index < -0.39 is 10.0 Å². The summed E-state index contributed by atoms with van der Waals surface area (Å²) in [5, 5.41) is 0.877. The number of alkyl halides is 1. The van der Waals surface area contributed by atoms with Crippen LogP contribution in [0.15, 0.2) is 11.2 Å². The van der Waals surface area contributed by atoms with Crippen LogP contribution in [-0.4, -0.2) is 40.6 Å². The SMILES string of the molecule is Cc1ncc(S(=O)(=O)N2CCCCC2CBr)[nH]1. The largest absolute Gasteiger partial charge is 0.332 e. The molecular weight excluding hydrogens is 306 g/mol. The first kappa shape index (κ1) is 13.0. The van der Waals surface area contributed by atoms with Crippen molar-refractivity contribution in [3.05, 3.63) is 12.0 Å². The normalized spacial score (nSPS) is 22.8. The summed E-state index contributed by atoms with van der Waals surface area (Å²) < 4.78 is 26.4. The van der Waals surface area contributed by atoms with E-state index in [9.17, 15) is 8.42 Å². The number of rotatable bonds is 3. The first-order chi connectivity index (χ1) is 8.05. The molecule has 17 heavy (non-hydrogen) atoms. The van der Waals surface area contributed by atoms with Crippen molar-refractivity contribution in [2.24, 2.45) is 0 Å². The number of aryl methyl sites for hydroxylation is 1. The predicted molar refractivity (Wildman–Crippen MR) is 68.6 cm³/mol. The molecule has 5 nitrogen and oxygen atoms in total. The molecule has 1 aromatic heterocycles. The maximum Gasteiger partial charge on any atom is 0.260 e. The minimum absolute atomic E-state index is 0.0531. The van der Waals surface area contributed by atoms with Crippen molar-refractivity contribution in [2.45, 2.75) is 37.3 Å². The van der Waals surface area contributed by atoms with Gasteiger partial charge in [-0.2, -0.15) is 4.31 Å². The maximum absolute atomic E-state index is 12.4. The van der Waals surface area contributed by atoms with Crippen LogP contribution in [0.3, 0.4) is 0 Å². The highest BCUT2D eigenvalue weighted by Gasteiger charge is 2.33. The fourth-order valence-corrected chi connectivity index (χ4v) is 4.62. The van der Waals surface area contributed by atoms with Crippen molar-refractivity contribution in [1.82, 2.24) is 14.3 Å². The highest BCUT2D eigenvalue weighted by molar-refractivity contribution is 9.09. The summed E-state index contributed by atoms with van der Waals surface area (Å²) in [6, 6.07) is 0.0531. The number of nitrogens with zero attached hydrogens (tertiary/aromatic N) is 2. The Kier molecular flexibility index (Phi) is 3.89. The predicted octanol–water partition coefficient (Wildman–Crippen LogP) is 1.66. The molecule has 1 atom stereocenters. The average molecular weight is 322 g/mol. The lowest BCUT2D eigenvalue weighted by molar-refractivity contribution is 0.273. The van der Waals surface area contributed by atoms with E-state index in [1.54, 1.807) is 11.2 Å². The average Bonchev–Trinajstić information content (AvgIpc) is 2.76. The summed E-state index contributed by atoms with van der Waals surface area (Å²) in [6.45, 7) is 2.34. The third kappa shape index (κ3) is 2.56. The Bertz CT molecular complexity index is 485. The van der Waals surface area contributed by atoms with Crippen molar-refractivity contribution < 1.29 is 8.42 Å². The fourth-order valence-electron chi connectivity index (χ4n) is 2.10. The topological polar surface area (TPSA) is 66.1 Å². The van der Waals surface area contributed by atoms with Gasteiger partial charge in [0.05, 0.1) is 6.20 Å². The van der Waals surface area contributed by atoms with Crippen LogP contribution >= 0.6 is 15.9 Å². The van der Waals surface area contributed by atoms with Gasteiger partial charge in [-0.3, -0.25) is 0 Å². The molecule has 1 N–H and O–H groups in total. The summed E-state index contributed by atoms with van der Waals surface area (Å²) in [7, 11) is -3.42. The third-order valence-electron chi connectivity index (χ3n) is 3.02. The van der Waals surface area contributed by atoms with E-state index in [-0.39, 0.29) is 11.1 Å². The van der Waals surface area contributed by atoms with Crippen LogP contribution in [0.25, 0.3) is 0 Å². The quantitative estimate of drug-likeness (QED) is 0.861. The molecule has 1 aromatic rings. The van der Waals surface area contributed by atoms with Gasteiger partial charge in [-0.15, -0.1) is 0 Å². The van der Waals surface area contributed by atoms with Crippen LogP contribution < -0.4 is 0 Å². The Morgan fingerprint density at radius 2 is 2.35 bits per heavy atom. The lowest BCUT2D eigenvalue weighted by atomic mass is 10.1. The molecule has 0 saturated carbocycles. The number of sulfonamides is 1. The van der Waals surface area contributed by atoms with E-state index in [1.807, 2.05) is 0 Å². The monoisotopic (exact) mass is 321 g/mol. The number of H-pyrrole nitrogens is 1. The molecule has 0 bridgehead atoms. The first-order valence-electron chi connectivity index (χ1n) is 5.65. The van der Waals surface area contributed by atoms with Gasteiger partial charge in [0.25, 0.3) is 10.0 Å². The van der Waals surface area contributed by atoms with Gasteiger partial charge >= 0.3 is 0 Å². The van der Waals surface area contributed by atoms with Crippen LogP contribution in [0.2, 0.25) is 0 Å². The van der Waals surface area contributed by atoms with Gasteiger partial charge in [0.2, 0.25) is 0 Å². The standard InChI is InChI=1S/C10H16BrN3O2S/c1-8-12-7-10(13-8)17(15,16)14-5-3-2-4-9(14)6-11/h7,9H,2-6H2,1H3,(H,12,13). The number of nitrogens with one attached hydrogen (secondary N) is 1. The van der Waals surface area contributed by atoms with E-state index in [4.69, 9.17) is 0 Å². The highest BCUT2D eigenvalue weighted by atomic mass is 79.9. The number of piperidine rings is 1. The van der Waals surface area contributed by atoms with Crippen molar-refractivity contribution in [1.29, 1.82) is 0 Å². The zero-order chi connectivity index (χ0) is 12.5. The van der Waals surface area contributed by atoms with Crippen LogP contribution in [0, 0.1) is 6.92 Å². The van der Waals surface area contributed by atoms with Crippen molar-refractivity contribution in [3.8, 4) is 0 Å². The highest BCUT2D eigenvalue weighted by Crippen LogP contribution is 2.25. The number of aromatic amines is 1. The Labute approximate surface area is 110 Å². The van der Waals surface area contributed by atoms with Gasteiger partial charge in [0, 0.05) is 17.9 Å². The van der Waals surface area contributed by atoms with Gasteiger partial charge in [-0.05, 0) is 19.8 Å². The molecule has 2 rings (SSSR count). The van der Waals surface area contributed by atoms with Crippen LogP contribution in [0.4, 0.5) is 0 Å². The molecule has 0 aliphatic carbocycles. The van der Waals surface area contributed by atoms with Crippen molar-refractivity contribution in [3.63, 3.8) is 0 Å². The van der Waals surface area contributed by atoms with E-state index >= 15 is 0 Å². The molecule has 96 valence electrons. The van der Waals surface area contributed by atoms with E-state index in [0.717, 1.165) is 19.3 Å². The second-order valence-corrected chi connectivity index (χ2v) is 6.76. The minimum Gasteiger partial charge on any atom is -0.332 e. The summed E-state index contributed by atoms with van der Waals surface area (Å²) in [5.41, 5.74) is 0. The smallest absolute Gasteiger partial charge is 0.260 e. The summed E-state index contributed by atoms with van der Waals surface area (Å²) in [5.74, 6) is 0.621. The van der Waals surface area contributed by atoms with Gasteiger partial charge in [0.1, 0.15) is 5.82 Å². The second-order valence-electron chi connectivity index (χ2n) is 4.25. The van der Waals surface area contributed by atoms with Crippen LogP contribution in [0.1, 0.15) is 25.1 Å². The summed E-state index contributed by atoms with van der Waals surface area (Å²) in [6.07, 6.45) is 4.32. The Morgan fingerprint density at radius 1 is 1.59 bits per heavy atom. The molecule has 2 heterocycles. The number of imidazole rings is 1. The molecule has 1 fully saturated rings. The Hall–Kier alpha value is -0.400. The fraction of sp³-hybridized carbons (Fsp3) is 0.700. The molecule has 0 amide bonds. The number of hydrogen-bond donors (Lipinski definition) is 1. The summed E-state index contributed by atoms with van der Waals surface area (Å²) >= 11 is 3.39. The molecule has 1 aliphatic heterocycles. The zero-order valence-electron chi connectivity index (χ0n) is 9.69. The number of halogens is 1.